The first-order valence-electron chi connectivity index (χ1n) is 7.79. The molecule has 1 saturated heterocycles. The first kappa shape index (κ1) is 17.0. The van der Waals surface area contributed by atoms with Gasteiger partial charge in [0.05, 0.1) is 13.1 Å². The molecule has 1 aliphatic rings. The number of nitrogens with one attached hydrogen (secondary N) is 4. The molecule has 3 amide bonds. The van der Waals surface area contributed by atoms with E-state index in [0.29, 0.717) is 6.54 Å². The highest BCUT2D eigenvalue weighted by Gasteiger charge is 2.28. The molecule has 0 unspecified atom stereocenters. The Kier molecular flexibility index (Phi) is 6.10. The number of quaternary nitrogens is 1. The minimum Gasteiger partial charge on any atom is -0.327 e. The summed E-state index contributed by atoms with van der Waals surface area (Å²) in [7, 11) is 0. The van der Waals surface area contributed by atoms with Crippen LogP contribution in [0.15, 0.2) is 30.3 Å². The number of rotatable bonds is 4. The summed E-state index contributed by atoms with van der Waals surface area (Å²) in [6.45, 7) is 3.16. The number of piperidine rings is 1. The minimum atomic E-state index is -0.301. The molecule has 0 atom stereocenters. The smallest absolute Gasteiger partial charge is 0.293 e. The van der Waals surface area contributed by atoms with Crippen LogP contribution in [-0.4, -0.2) is 37.4 Å². The van der Waals surface area contributed by atoms with Crippen LogP contribution in [0.5, 0.6) is 0 Å². The van der Waals surface area contributed by atoms with E-state index in [1.54, 1.807) is 0 Å². The third kappa shape index (κ3) is 5.71. The molecule has 0 saturated carbocycles. The molecule has 0 bridgehead atoms. The standard InChI is InChI=1S/C16H22N4O3/c1-12(21)18-19-15(22)11-20-9-7-13(8-10-20)16(23)17-14-5-3-2-4-6-14/h2-6,13H,7-11H2,1H3,(H,17,23)(H,18,21)(H,19,22)/p+1. The molecule has 1 aliphatic heterocycles. The first-order chi connectivity index (χ1) is 11.0. The topological polar surface area (TPSA) is 91.7 Å². The zero-order chi connectivity index (χ0) is 16.7. The Bertz CT molecular complexity index is 554. The first-order valence-corrected chi connectivity index (χ1v) is 7.79. The Labute approximate surface area is 135 Å². The third-order valence-electron chi connectivity index (χ3n) is 3.89. The van der Waals surface area contributed by atoms with Crippen molar-refractivity contribution >= 4 is 23.4 Å². The summed E-state index contributed by atoms with van der Waals surface area (Å²) in [5, 5.41) is 2.93. The Hall–Kier alpha value is -2.41. The molecule has 2 rings (SSSR count). The van der Waals surface area contributed by atoms with E-state index in [-0.39, 0.29) is 23.6 Å². The van der Waals surface area contributed by atoms with Crippen LogP contribution in [0.4, 0.5) is 5.69 Å². The molecule has 0 radical (unpaired) electrons. The van der Waals surface area contributed by atoms with Crippen molar-refractivity contribution in [2.24, 2.45) is 5.92 Å². The van der Waals surface area contributed by atoms with Crippen molar-refractivity contribution in [3.05, 3.63) is 30.3 Å². The van der Waals surface area contributed by atoms with E-state index in [1.807, 2.05) is 30.3 Å². The van der Waals surface area contributed by atoms with E-state index in [9.17, 15) is 14.4 Å². The molecule has 0 aliphatic carbocycles. The van der Waals surface area contributed by atoms with Crippen LogP contribution in [0, 0.1) is 5.92 Å². The summed E-state index contributed by atoms with van der Waals surface area (Å²) in [5.74, 6) is -0.498. The number of benzene rings is 1. The molecule has 7 nitrogen and oxygen atoms in total. The molecule has 1 aromatic carbocycles. The van der Waals surface area contributed by atoms with Crippen LogP contribution >= 0.6 is 0 Å². The molecule has 124 valence electrons. The van der Waals surface area contributed by atoms with E-state index in [2.05, 4.69) is 16.2 Å². The predicted octanol–water partition coefficient (Wildman–Crippen LogP) is -0.913. The van der Waals surface area contributed by atoms with Crippen LogP contribution in [0.1, 0.15) is 19.8 Å². The van der Waals surface area contributed by atoms with E-state index in [1.165, 1.54) is 6.92 Å². The van der Waals surface area contributed by atoms with Crippen LogP contribution < -0.4 is 21.1 Å². The van der Waals surface area contributed by atoms with Gasteiger partial charge in [0.15, 0.2) is 6.54 Å². The lowest BCUT2D eigenvalue weighted by Gasteiger charge is -2.28. The van der Waals surface area contributed by atoms with Gasteiger partial charge in [-0.15, -0.1) is 0 Å². The maximum absolute atomic E-state index is 12.2. The largest absolute Gasteiger partial charge is 0.327 e. The Morgan fingerprint density at radius 2 is 1.74 bits per heavy atom. The number of carbonyl (C=O) groups excluding carboxylic acids is 3. The Balaban J connectivity index is 1.72. The maximum atomic E-state index is 12.2. The maximum Gasteiger partial charge on any atom is 0.293 e. The van der Waals surface area contributed by atoms with E-state index in [4.69, 9.17) is 0 Å². The lowest BCUT2D eigenvalue weighted by molar-refractivity contribution is -0.897. The fraction of sp³-hybridized carbons (Fsp3) is 0.438. The number of hydrogen-bond donors (Lipinski definition) is 4. The zero-order valence-electron chi connectivity index (χ0n) is 13.2. The van der Waals surface area contributed by atoms with Crippen molar-refractivity contribution < 1.29 is 19.3 Å². The van der Waals surface area contributed by atoms with Gasteiger partial charge in [-0.25, -0.2) is 0 Å². The molecule has 23 heavy (non-hydrogen) atoms. The van der Waals surface area contributed by atoms with Gasteiger partial charge in [-0.3, -0.25) is 25.2 Å². The van der Waals surface area contributed by atoms with Crippen LogP contribution in [0.2, 0.25) is 0 Å². The van der Waals surface area contributed by atoms with Crippen molar-refractivity contribution in [3.8, 4) is 0 Å². The van der Waals surface area contributed by atoms with Gasteiger partial charge in [-0.05, 0) is 12.1 Å². The lowest BCUT2D eigenvalue weighted by atomic mass is 9.96. The normalized spacial score (nSPS) is 20.4. The number of hydrazine groups is 1. The average Bonchev–Trinajstić information content (AvgIpc) is 2.54. The molecule has 1 heterocycles. The number of hydrogen-bond acceptors (Lipinski definition) is 3. The summed E-state index contributed by atoms with van der Waals surface area (Å²) < 4.78 is 0. The monoisotopic (exact) mass is 319 g/mol. The van der Waals surface area contributed by atoms with Crippen LogP contribution in [0.25, 0.3) is 0 Å². The number of amides is 3. The number of para-hydroxylation sites is 1. The SMILES string of the molecule is CC(=O)NNC(=O)C[NH+]1CCC(C(=O)Nc2ccccc2)CC1. The number of carbonyl (C=O) groups is 3. The van der Waals surface area contributed by atoms with Crippen LogP contribution in [0.3, 0.4) is 0 Å². The molecule has 1 fully saturated rings. The highest BCUT2D eigenvalue weighted by atomic mass is 16.2. The molecule has 1 aromatic rings. The van der Waals surface area contributed by atoms with Gasteiger partial charge in [0, 0.05) is 31.4 Å². The molecular weight excluding hydrogens is 296 g/mol. The summed E-state index contributed by atoms with van der Waals surface area (Å²) in [5.41, 5.74) is 5.44. The minimum absolute atomic E-state index is 0.0163. The van der Waals surface area contributed by atoms with E-state index < -0.39 is 0 Å². The fourth-order valence-corrected chi connectivity index (χ4v) is 2.66. The van der Waals surface area contributed by atoms with Crippen LogP contribution in [-0.2, 0) is 14.4 Å². The number of likely N-dealkylation sites (tertiary alicyclic amines) is 1. The van der Waals surface area contributed by atoms with E-state index in [0.717, 1.165) is 36.5 Å². The summed E-state index contributed by atoms with van der Waals surface area (Å²) >= 11 is 0. The zero-order valence-corrected chi connectivity index (χ0v) is 13.2. The highest BCUT2D eigenvalue weighted by molar-refractivity contribution is 5.92. The van der Waals surface area contributed by atoms with Gasteiger partial charge < -0.3 is 10.2 Å². The average molecular weight is 319 g/mol. The summed E-state index contributed by atoms with van der Waals surface area (Å²) in [6.07, 6.45) is 1.50. The van der Waals surface area contributed by atoms with Gasteiger partial charge in [0.25, 0.3) is 5.91 Å². The fourth-order valence-electron chi connectivity index (χ4n) is 2.66. The predicted molar refractivity (Wildman–Crippen MR) is 85.3 cm³/mol. The number of anilines is 1. The van der Waals surface area contributed by atoms with Crippen molar-refractivity contribution in [2.45, 2.75) is 19.8 Å². The van der Waals surface area contributed by atoms with Gasteiger partial charge in [-0.2, -0.15) is 0 Å². The third-order valence-corrected chi connectivity index (χ3v) is 3.89. The molecular formula is C16H23N4O3+. The van der Waals surface area contributed by atoms with Gasteiger partial charge in [0.2, 0.25) is 11.8 Å². The summed E-state index contributed by atoms with van der Waals surface area (Å²) in [6, 6.07) is 9.41. The highest BCUT2D eigenvalue weighted by Crippen LogP contribution is 2.13. The van der Waals surface area contributed by atoms with Gasteiger partial charge in [-0.1, -0.05) is 18.2 Å². The van der Waals surface area contributed by atoms with E-state index >= 15 is 0 Å². The molecule has 0 spiro atoms. The summed E-state index contributed by atoms with van der Waals surface area (Å²) in [4.78, 5) is 35.7. The quantitative estimate of drug-likeness (QED) is 0.541. The van der Waals surface area contributed by atoms with Crippen molar-refractivity contribution in [3.63, 3.8) is 0 Å². The van der Waals surface area contributed by atoms with Crippen molar-refractivity contribution in [1.82, 2.24) is 10.9 Å². The van der Waals surface area contributed by atoms with Crippen molar-refractivity contribution in [1.29, 1.82) is 0 Å². The van der Waals surface area contributed by atoms with Crippen molar-refractivity contribution in [2.75, 3.05) is 25.0 Å². The lowest BCUT2D eigenvalue weighted by Crippen LogP contribution is -3.14. The Morgan fingerprint density at radius 3 is 2.35 bits per heavy atom. The van der Waals surface area contributed by atoms with Gasteiger partial charge >= 0.3 is 0 Å². The molecule has 7 heteroatoms. The van der Waals surface area contributed by atoms with Gasteiger partial charge in [0.1, 0.15) is 0 Å². The second kappa shape index (κ2) is 8.28. The molecule has 4 N–H and O–H groups in total. The second-order valence-electron chi connectivity index (χ2n) is 5.79. The second-order valence-corrected chi connectivity index (χ2v) is 5.79. The molecule has 0 aromatic heterocycles. The Morgan fingerprint density at radius 1 is 1.09 bits per heavy atom.